The molecule has 0 bridgehead atoms. The molecule has 1 aliphatic heterocycles. The summed E-state index contributed by atoms with van der Waals surface area (Å²) in [6.07, 6.45) is 4.04. The number of aromatic amines is 1. The monoisotopic (exact) mass is 722 g/mol. The van der Waals surface area contributed by atoms with Crippen LogP contribution in [-0.2, 0) is 49.6 Å². The maximum atomic E-state index is 13.3. The molecule has 8 amide bonds. The van der Waals surface area contributed by atoms with Gasteiger partial charge >= 0.3 is 5.97 Å². The Morgan fingerprint density at radius 3 is 2.18 bits per heavy atom. The Morgan fingerprint density at radius 2 is 1.55 bits per heavy atom. The van der Waals surface area contributed by atoms with Crippen LogP contribution >= 0.6 is 0 Å². The summed E-state index contributed by atoms with van der Waals surface area (Å²) in [5.41, 5.74) is 17.4. The average Bonchev–Trinajstić information content (AvgIpc) is 3.79. The summed E-state index contributed by atoms with van der Waals surface area (Å²) in [4.78, 5) is 119. The summed E-state index contributed by atoms with van der Waals surface area (Å²) >= 11 is 0. The lowest BCUT2D eigenvalue weighted by Crippen LogP contribution is -2.58. The van der Waals surface area contributed by atoms with E-state index in [9.17, 15) is 43.2 Å². The molecule has 1 saturated heterocycles. The third-order valence-corrected chi connectivity index (χ3v) is 7.55. The van der Waals surface area contributed by atoms with E-state index in [0.29, 0.717) is 25.0 Å². The number of primary amides is 1. The number of carboxylic acid groups (broad SMARTS) is 1. The molecule has 4 atom stereocenters. The number of H-pyrrole nitrogens is 1. The maximum Gasteiger partial charge on any atom is 0.322 e. The molecule has 282 valence electrons. The first kappa shape index (κ1) is 41.5. The van der Waals surface area contributed by atoms with E-state index in [1.165, 1.54) is 17.4 Å². The van der Waals surface area contributed by atoms with Gasteiger partial charge in [0.15, 0.2) is 0 Å². The topological polar surface area (TPSA) is 356 Å². The summed E-state index contributed by atoms with van der Waals surface area (Å²) in [5, 5.41) is 22.5. The number of carbonyl (C=O) groups is 9. The van der Waals surface area contributed by atoms with Crippen molar-refractivity contribution < 1.29 is 48.3 Å². The van der Waals surface area contributed by atoms with Crippen LogP contribution < -0.4 is 49.1 Å². The van der Waals surface area contributed by atoms with Crippen molar-refractivity contribution in [3.05, 3.63) is 18.2 Å². The summed E-state index contributed by atoms with van der Waals surface area (Å²) in [5.74, 6) is -7.46. The molecule has 0 aliphatic carbocycles. The number of amides is 8. The molecule has 51 heavy (non-hydrogen) atoms. The molecule has 1 aromatic heterocycles. The van der Waals surface area contributed by atoms with E-state index >= 15 is 0 Å². The third-order valence-electron chi connectivity index (χ3n) is 7.55. The van der Waals surface area contributed by atoms with Crippen molar-refractivity contribution in [2.75, 3.05) is 39.3 Å². The van der Waals surface area contributed by atoms with Crippen molar-refractivity contribution in [2.24, 2.45) is 17.2 Å². The fourth-order valence-corrected chi connectivity index (χ4v) is 4.94. The zero-order chi connectivity index (χ0) is 37.9. The Labute approximate surface area is 292 Å². The van der Waals surface area contributed by atoms with Crippen molar-refractivity contribution in [1.82, 2.24) is 46.8 Å². The van der Waals surface area contributed by atoms with Crippen LogP contribution in [0.4, 0.5) is 0 Å². The first-order chi connectivity index (χ1) is 24.2. The number of nitrogens with one attached hydrogen (secondary N) is 7. The zero-order valence-corrected chi connectivity index (χ0v) is 27.9. The Balaban J connectivity index is 1.99. The largest absolute Gasteiger partial charge is 0.480 e. The predicted octanol–water partition coefficient (Wildman–Crippen LogP) is -6.21. The van der Waals surface area contributed by atoms with Crippen LogP contribution in [-0.4, -0.2) is 137 Å². The van der Waals surface area contributed by atoms with Gasteiger partial charge in [-0.15, -0.1) is 0 Å². The molecule has 1 aromatic rings. The van der Waals surface area contributed by atoms with Gasteiger partial charge in [-0.1, -0.05) is 0 Å². The van der Waals surface area contributed by atoms with Gasteiger partial charge in [0.1, 0.15) is 24.7 Å². The highest BCUT2D eigenvalue weighted by atomic mass is 16.4. The Kier molecular flexibility index (Phi) is 17.5. The molecule has 1 fully saturated rings. The van der Waals surface area contributed by atoms with E-state index < -0.39 is 110 Å². The van der Waals surface area contributed by atoms with Crippen LogP contribution in [0.3, 0.4) is 0 Å². The Bertz CT molecular complexity index is 1410. The van der Waals surface area contributed by atoms with Gasteiger partial charge in [0.2, 0.25) is 47.3 Å². The molecule has 22 nitrogen and oxygen atoms in total. The second kappa shape index (κ2) is 21.4. The summed E-state index contributed by atoms with van der Waals surface area (Å²) in [6, 6.07) is -4.78. The maximum absolute atomic E-state index is 13.3. The Hall–Kier alpha value is -5.64. The number of hydrogen-bond acceptors (Lipinski definition) is 12. The van der Waals surface area contributed by atoms with Crippen LogP contribution in [0, 0.1) is 0 Å². The van der Waals surface area contributed by atoms with Gasteiger partial charge in [0.25, 0.3) is 0 Å². The number of carboxylic acids is 1. The summed E-state index contributed by atoms with van der Waals surface area (Å²) < 4.78 is 0. The second-order valence-electron chi connectivity index (χ2n) is 11.6. The number of rotatable bonds is 22. The molecule has 1 aliphatic rings. The molecule has 0 unspecified atom stereocenters. The minimum atomic E-state index is -1.54. The second-order valence-corrected chi connectivity index (χ2v) is 11.6. The number of nitrogens with zero attached hydrogens (tertiary/aromatic N) is 2. The predicted molar refractivity (Wildman–Crippen MR) is 175 cm³/mol. The molecule has 0 aromatic carbocycles. The standard InChI is InChI=1S/C29H46N12O10/c30-6-2-1-4-18(27(49)36-12-23(44)34-11-22(43)35-14-25(46)47)39-28(50)19(9-21(32)42)40-29(51)20-5-3-7-41(20)24(45)13-37-26(48)17(31)8-16-10-33-15-38-16/h10,15,17-20H,1-9,11-14,30-31H2,(H2,32,42)(H,33,38)(H,34,44)(H,35,43)(H,36,49)(H,37,48)(H,39,50)(H,40,51)(H,46,47)/t17-,18-,19-,20-/m0/s1. The number of carbonyl (C=O) groups excluding carboxylic acids is 8. The number of likely N-dealkylation sites (tertiary alicyclic amines) is 1. The fourth-order valence-electron chi connectivity index (χ4n) is 4.94. The zero-order valence-electron chi connectivity index (χ0n) is 27.9. The van der Waals surface area contributed by atoms with Gasteiger partial charge in [-0.05, 0) is 38.6 Å². The van der Waals surface area contributed by atoms with Gasteiger partial charge in [-0.25, -0.2) is 4.98 Å². The van der Waals surface area contributed by atoms with Crippen molar-refractivity contribution in [3.8, 4) is 0 Å². The highest BCUT2D eigenvalue weighted by Gasteiger charge is 2.37. The van der Waals surface area contributed by atoms with Crippen LogP contribution in [0.1, 0.15) is 44.2 Å². The lowest BCUT2D eigenvalue weighted by atomic mass is 10.1. The van der Waals surface area contributed by atoms with E-state index in [2.05, 4.69) is 41.9 Å². The lowest BCUT2D eigenvalue weighted by Gasteiger charge is -2.27. The highest BCUT2D eigenvalue weighted by Crippen LogP contribution is 2.18. The van der Waals surface area contributed by atoms with E-state index in [-0.39, 0.29) is 32.4 Å². The SMILES string of the molecule is NCCCC[C@H](NC(=O)[C@H](CC(N)=O)NC(=O)[C@@H]1CCCN1C(=O)CNC(=O)[C@@H](N)Cc1cnc[nH]1)C(=O)NCC(=O)NCC(=O)NCC(=O)O. The first-order valence-electron chi connectivity index (χ1n) is 16.1. The van der Waals surface area contributed by atoms with Crippen molar-refractivity contribution in [3.63, 3.8) is 0 Å². The molecule has 0 radical (unpaired) electrons. The lowest BCUT2D eigenvalue weighted by molar-refractivity contribution is -0.140. The number of aliphatic carboxylic acids is 1. The van der Waals surface area contributed by atoms with Crippen molar-refractivity contribution in [1.29, 1.82) is 0 Å². The van der Waals surface area contributed by atoms with E-state index in [1.54, 1.807) is 0 Å². The minimum absolute atomic E-state index is 0.0629. The normalized spacial score (nSPS) is 15.4. The molecule has 2 rings (SSSR count). The van der Waals surface area contributed by atoms with Gasteiger partial charge in [-0.3, -0.25) is 43.2 Å². The number of unbranched alkanes of at least 4 members (excludes halogenated alkanes) is 1. The van der Waals surface area contributed by atoms with Gasteiger partial charge in [-0.2, -0.15) is 0 Å². The fraction of sp³-hybridized carbons (Fsp3) is 0.586. The van der Waals surface area contributed by atoms with E-state index in [4.69, 9.17) is 22.3 Å². The third kappa shape index (κ3) is 15.2. The van der Waals surface area contributed by atoms with Crippen molar-refractivity contribution in [2.45, 2.75) is 69.1 Å². The number of imidazole rings is 1. The van der Waals surface area contributed by atoms with Crippen LogP contribution in [0.5, 0.6) is 0 Å². The van der Waals surface area contributed by atoms with Gasteiger partial charge in [0.05, 0.1) is 38.4 Å². The van der Waals surface area contributed by atoms with Gasteiger partial charge in [0, 0.05) is 24.9 Å². The van der Waals surface area contributed by atoms with Gasteiger partial charge < -0.3 is 64.1 Å². The molecular formula is C29H46N12O10. The van der Waals surface area contributed by atoms with Crippen LogP contribution in [0.25, 0.3) is 0 Å². The molecule has 14 N–H and O–H groups in total. The van der Waals surface area contributed by atoms with E-state index in [1.807, 2.05) is 0 Å². The minimum Gasteiger partial charge on any atom is -0.480 e. The highest BCUT2D eigenvalue weighted by molar-refractivity contribution is 5.97. The average molecular weight is 723 g/mol. The van der Waals surface area contributed by atoms with E-state index in [0.717, 1.165) is 0 Å². The molecule has 0 spiro atoms. The van der Waals surface area contributed by atoms with Crippen LogP contribution in [0.2, 0.25) is 0 Å². The number of nitrogens with two attached hydrogens (primary N) is 3. The summed E-state index contributed by atoms with van der Waals surface area (Å²) in [6.45, 7) is -1.77. The number of aromatic nitrogens is 2. The van der Waals surface area contributed by atoms with Crippen molar-refractivity contribution >= 4 is 53.2 Å². The summed E-state index contributed by atoms with van der Waals surface area (Å²) in [7, 11) is 0. The first-order valence-corrected chi connectivity index (χ1v) is 16.1. The van der Waals surface area contributed by atoms with Crippen LogP contribution in [0.15, 0.2) is 12.5 Å². The Morgan fingerprint density at radius 1 is 0.882 bits per heavy atom. The number of hydrogen-bond donors (Lipinski definition) is 11. The molecule has 0 saturated carbocycles. The molecule has 2 heterocycles. The quantitative estimate of drug-likeness (QED) is 0.0497. The molecule has 22 heteroatoms. The molecular weight excluding hydrogens is 676 g/mol. The smallest absolute Gasteiger partial charge is 0.322 e.